The number of unbranched alkanes of at least 4 members (excludes halogenated alkanes) is 2. The standard InChI is InChI=1S/C24H33F3N2/c1-3-5-15-29(16-6-4-2)17-14-28-19-20-10-12-21(13-11-20)22-8-7-9-23(18-22)24(25,26)27/h7-13,18,28H,3-6,14-17,19H2,1-2H3. The molecule has 1 N–H and O–H groups in total. The summed E-state index contributed by atoms with van der Waals surface area (Å²) < 4.78 is 38.7. The van der Waals surface area contributed by atoms with Crippen molar-refractivity contribution in [1.82, 2.24) is 10.2 Å². The van der Waals surface area contributed by atoms with E-state index in [4.69, 9.17) is 0 Å². The van der Waals surface area contributed by atoms with Crippen molar-refractivity contribution in [1.29, 1.82) is 0 Å². The molecule has 0 saturated heterocycles. The summed E-state index contributed by atoms with van der Waals surface area (Å²) in [7, 11) is 0. The fourth-order valence-electron chi connectivity index (χ4n) is 3.26. The second-order valence-electron chi connectivity index (χ2n) is 7.50. The topological polar surface area (TPSA) is 15.3 Å². The highest BCUT2D eigenvalue weighted by Gasteiger charge is 2.30. The maximum atomic E-state index is 12.9. The van der Waals surface area contributed by atoms with Gasteiger partial charge in [0.05, 0.1) is 5.56 Å². The van der Waals surface area contributed by atoms with Crippen LogP contribution in [0, 0.1) is 0 Å². The molecule has 29 heavy (non-hydrogen) atoms. The Hall–Kier alpha value is -1.85. The Bertz CT molecular complexity index is 703. The van der Waals surface area contributed by atoms with Gasteiger partial charge in [0, 0.05) is 19.6 Å². The van der Waals surface area contributed by atoms with Crippen LogP contribution in [0.2, 0.25) is 0 Å². The number of halogens is 3. The third-order valence-corrected chi connectivity index (χ3v) is 5.07. The minimum absolute atomic E-state index is 0.585. The Balaban J connectivity index is 1.85. The molecular formula is C24H33F3N2. The van der Waals surface area contributed by atoms with Crippen LogP contribution in [-0.4, -0.2) is 31.1 Å². The van der Waals surface area contributed by atoms with Gasteiger partial charge in [-0.3, -0.25) is 0 Å². The molecule has 0 spiro atoms. The van der Waals surface area contributed by atoms with Crippen molar-refractivity contribution < 1.29 is 13.2 Å². The summed E-state index contributed by atoms with van der Waals surface area (Å²) in [5, 5.41) is 3.48. The highest BCUT2D eigenvalue weighted by atomic mass is 19.4. The normalized spacial score (nSPS) is 11.9. The van der Waals surface area contributed by atoms with E-state index in [9.17, 15) is 13.2 Å². The summed E-state index contributed by atoms with van der Waals surface area (Å²) >= 11 is 0. The Labute approximate surface area is 173 Å². The van der Waals surface area contributed by atoms with Crippen molar-refractivity contribution in [3.63, 3.8) is 0 Å². The summed E-state index contributed by atoms with van der Waals surface area (Å²) in [6, 6.07) is 13.2. The minimum Gasteiger partial charge on any atom is -0.311 e. The molecule has 0 bridgehead atoms. The fraction of sp³-hybridized carbons (Fsp3) is 0.500. The van der Waals surface area contributed by atoms with E-state index in [1.807, 2.05) is 24.3 Å². The molecule has 0 unspecified atom stereocenters. The molecular weight excluding hydrogens is 373 g/mol. The highest BCUT2D eigenvalue weighted by Crippen LogP contribution is 2.32. The lowest BCUT2D eigenvalue weighted by Crippen LogP contribution is -2.33. The van der Waals surface area contributed by atoms with E-state index < -0.39 is 11.7 Å². The molecule has 2 nitrogen and oxygen atoms in total. The maximum Gasteiger partial charge on any atom is 0.416 e. The number of hydrogen-bond donors (Lipinski definition) is 1. The van der Waals surface area contributed by atoms with Crippen LogP contribution in [0.1, 0.15) is 50.7 Å². The predicted octanol–water partition coefficient (Wildman–Crippen LogP) is 6.36. The molecule has 2 rings (SSSR count). The Morgan fingerprint density at radius 1 is 0.828 bits per heavy atom. The zero-order valence-electron chi connectivity index (χ0n) is 17.6. The van der Waals surface area contributed by atoms with E-state index in [0.29, 0.717) is 5.56 Å². The fourth-order valence-corrected chi connectivity index (χ4v) is 3.26. The van der Waals surface area contributed by atoms with Crippen LogP contribution in [0.15, 0.2) is 48.5 Å². The minimum atomic E-state index is -4.32. The molecule has 0 fully saturated rings. The largest absolute Gasteiger partial charge is 0.416 e. The first kappa shape index (κ1) is 23.4. The number of rotatable bonds is 12. The van der Waals surface area contributed by atoms with E-state index in [-0.39, 0.29) is 0 Å². The molecule has 2 aromatic rings. The van der Waals surface area contributed by atoms with Gasteiger partial charge in [-0.2, -0.15) is 13.2 Å². The van der Waals surface area contributed by atoms with Crippen molar-refractivity contribution in [3.8, 4) is 11.1 Å². The first-order valence-corrected chi connectivity index (χ1v) is 10.6. The van der Waals surface area contributed by atoms with E-state index >= 15 is 0 Å². The Morgan fingerprint density at radius 2 is 1.48 bits per heavy atom. The molecule has 5 heteroatoms. The molecule has 0 aliphatic rings. The number of nitrogens with one attached hydrogen (secondary N) is 1. The highest BCUT2D eigenvalue weighted by molar-refractivity contribution is 5.64. The first-order chi connectivity index (χ1) is 13.9. The van der Waals surface area contributed by atoms with Gasteiger partial charge in [0.15, 0.2) is 0 Å². The van der Waals surface area contributed by atoms with Gasteiger partial charge in [-0.05, 0) is 54.8 Å². The number of hydrogen-bond acceptors (Lipinski definition) is 2. The third kappa shape index (κ3) is 8.19. The van der Waals surface area contributed by atoms with E-state index in [2.05, 4.69) is 24.1 Å². The van der Waals surface area contributed by atoms with Crippen LogP contribution in [0.5, 0.6) is 0 Å². The van der Waals surface area contributed by atoms with E-state index in [1.165, 1.54) is 37.8 Å². The molecule has 0 radical (unpaired) electrons. The van der Waals surface area contributed by atoms with Gasteiger partial charge in [-0.25, -0.2) is 0 Å². The van der Waals surface area contributed by atoms with Gasteiger partial charge >= 0.3 is 6.18 Å². The number of alkyl halides is 3. The van der Waals surface area contributed by atoms with Crippen molar-refractivity contribution >= 4 is 0 Å². The van der Waals surface area contributed by atoms with Crippen LogP contribution >= 0.6 is 0 Å². The lowest BCUT2D eigenvalue weighted by Gasteiger charge is -2.22. The second kappa shape index (κ2) is 12.0. The van der Waals surface area contributed by atoms with E-state index in [0.717, 1.165) is 49.9 Å². The monoisotopic (exact) mass is 406 g/mol. The zero-order valence-corrected chi connectivity index (χ0v) is 17.6. The van der Waals surface area contributed by atoms with Crippen molar-refractivity contribution in [2.75, 3.05) is 26.2 Å². The van der Waals surface area contributed by atoms with Gasteiger partial charge in [-0.15, -0.1) is 0 Å². The summed E-state index contributed by atoms with van der Waals surface area (Å²) in [6.07, 6.45) is 0.589. The van der Waals surface area contributed by atoms with Crippen molar-refractivity contribution in [2.24, 2.45) is 0 Å². The predicted molar refractivity (Wildman–Crippen MR) is 115 cm³/mol. The zero-order chi connectivity index (χ0) is 21.1. The maximum absolute atomic E-state index is 12.9. The lowest BCUT2D eigenvalue weighted by atomic mass is 10.0. The Kier molecular flexibility index (Phi) is 9.68. The number of benzene rings is 2. The first-order valence-electron chi connectivity index (χ1n) is 10.6. The molecule has 0 aliphatic carbocycles. The lowest BCUT2D eigenvalue weighted by molar-refractivity contribution is -0.137. The molecule has 160 valence electrons. The average molecular weight is 407 g/mol. The van der Waals surface area contributed by atoms with Crippen LogP contribution in [0.4, 0.5) is 13.2 Å². The molecule has 0 aliphatic heterocycles. The van der Waals surface area contributed by atoms with Crippen molar-refractivity contribution in [3.05, 3.63) is 59.7 Å². The molecule has 0 heterocycles. The average Bonchev–Trinajstić information content (AvgIpc) is 2.72. The van der Waals surface area contributed by atoms with Crippen molar-refractivity contribution in [2.45, 2.75) is 52.3 Å². The van der Waals surface area contributed by atoms with Gasteiger partial charge in [-0.1, -0.05) is 63.1 Å². The van der Waals surface area contributed by atoms with Gasteiger partial charge in [0.2, 0.25) is 0 Å². The SMILES string of the molecule is CCCCN(CCCC)CCNCc1ccc(-c2cccc(C(F)(F)F)c2)cc1. The smallest absolute Gasteiger partial charge is 0.311 e. The van der Waals surface area contributed by atoms with Gasteiger partial charge in [0.1, 0.15) is 0 Å². The summed E-state index contributed by atoms with van der Waals surface area (Å²) in [5.41, 5.74) is 1.90. The summed E-state index contributed by atoms with van der Waals surface area (Å²) in [5.74, 6) is 0. The molecule has 2 aromatic carbocycles. The van der Waals surface area contributed by atoms with Crippen LogP contribution in [0.3, 0.4) is 0 Å². The van der Waals surface area contributed by atoms with Crippen LogP contribution in [-0.2, 0) is 12.7 Å². The van der Waals surface area contributed by atoms with Gasteiger partial charge in [0.25, 0.3) is 0 Å². The Morgan fingerprint density at radius 3 is 2.07 bits per heavy atom. The molecule has 0 atom stereocenters. The van der Waals surface area contributed by atoms with Crippen LogP contribution < -0.4 is 5.32 Å². The molecule has 0 amide bonds. The van der Waals surface area contributed by atoms with Gasteiger partial charge < -0.3 is 10.2 Å². The summed E-state index contributed by atoms with van der Waals surface area (Å²) in [6.45, 7) is 9.50. The van der Waals surface area contributed by atoms with E-state index in [1.54, 1.807) is 6.07 Å². The molecule has 0 aromatic heterocycles. The van der Waals surface area contributed by atoms with Crippen LogP contribution in [0.25, 0.3) is 11.1 Å². The second-order valence-corrected chi connectivity index (χ2v) is 7.50. The quantitative estimate of drug-likeness (QED) is 0.412. The summed E-state index contributed by atoms with van der Waals surface area (Å²) in [4.78, 5) is 2.52. The number of nitrogens with zero attached hydrogens (tertiary/aromatic N) is 1. The molecule has 0 saturated carbocycles. The third-order valence-electron chi connectivity index (χ3n) is 5.07.